The molecule has 1 fully saturated rings. The summed E-state index contributed by atoms with van der Waals surface area (Å²) in [5.74, 6) is -0.864. The molecule has 0 aliphatic carbocycles. The number of hydrogen-bond donors (Lipinski definition) is 0. The first-order valence-electron chi connectivity index (χ1n) is 7.77. The van der Waals surface area contributed by atoms with Gasteiger partial charge in [-0.2, -0.15) is 5.10 Å². The number of nitrogens with zero attached hydrogens (tertiary/aromatic N) is 5. The molecule has 4 rings (SSSR count). The maximum absolute atomic E-state index is 14.1. The van der Waals surface area contributed by atoms with E-state index in [0.717, 1.165) is 19.2 Å². The Labute approximate surface area is 147 Å². The minimum atomic E-state index is -0.727. The van der Waals surface area contributed by atoms with Crippen LogP contribution in [0.15, 0.2) is 24.4 Å². The van der Waals surface area contributed by atoms with Crippen LogP contribution in [0.5, 0.6) is 0 Å². The van der Waals surface area contributed by atoms with E-state index < -0.39 is 11.6 Å². The van der Waals surface area contributed by atoms with Crippen molar-refractivity contribution in [1.82, 2.24) is 24.6 Å². The zero-order valence-corrected chi connectivity index (χ0v) is 13.9. The molecule has 1 saturated heterocycles. The van der Waals surface area contributed by atoms with Gasteiger partial charge in [0.25, 0.3) is 0 Å². The van der Waals surface area contributed by atoms with Gasteiger partial charge >= 0.3 is 0 Å². The van der Waals surface area contributed by atoms with Crippen LogP contribution in [0.2, 0.25) is 5.15 Å². The fourth-order valence-corrected chi connectivity index (χ4v) is 3.01. The van der Waals surface area contributed by atoms with Crippen molar-refractivity contribution in [3.63, 3.8) is 0 Å². The van der Waals surface area contributed by atoms with E-state index in [1.54, 1.807) is 0 Å². The highest BCUT2D eigenvalue weighted by Gasteiger charge is 2.18. The molecule has 0 amide bonds. The Hall–Kier alpha value is -2.16. The molecule has 0 bridgehead atoms. The van der Waals surface area contributed by atoms with E-state index in [1.165, 1.54) is 23.0 Å². The van der Waals surface area contributed by atoms with Gasteiger partial charge in [0.2, 0.25) is 0 Å². The maximum Gasteiger partial charge on any atom is 0.168 e. The fraction of sp³-hybridized carbons (Fsp3) is 0.312. The van der Waals surface area contributed by atoms with E-state index in [4.69, 9.17) is 16.3 Å². The molecule has 0 spiro atoms. The Morgan fingerprint density at radius 2 is 1.96 bits per heavy atom. The Morgan fingerprint density at radius 1 is 1.16 bits per heavy atom. The SMILES string of the molecule is Fc1ccc(-n2ncc3c(Cl)nc(CN4CCOCC4)nc32)c(F)c1. The Balaban J connectivity index is 1.75. The molecule has 0 N–H and O–H groups in total. The minimum absolute atomic E-state index is 0.100. The number of benzene rings is 1. The summed E-state index contributed by atoms with van der Waals surface area (Å²) in [6.45, 7) is 3.40. The zero-order valence-electron chi connectivity index (χ0n) is 13.1. The molecule has 25 heavy (non-hydrogen) atoms. The summed E-state index contributed by atoms with van der Waals surface area (Å²) >= 11 is 6.24. The molecule has 2 aromatic heterocycles. The number of rotatable bonds is 3. The lowest BCUT2D eigenvalue weighted by molar-refractivity contribution is 0.0331. The lowest BCUT2D eigenvalue weighted by Gasteiger charge is -2.25. The largest absolute Gasteiger partial charge is 0.379 e. The average molecular weight is 366 g/mol. The van der Waals surface area contributed by atoms with Crippen molar-refractivity contribution < 1.29 is 13.5 Å². The van der Waals surface area contributed by atoms with Crippen LogP contribution in [0.1, 0.15) is 5.82 Å². The van der Waals surface area contributed by atoms with Crippen molar-refractivity contribution in [2.75, 3.05) is 26.3 Å². The zero-order chi connectivity index (χ0) is 17.4. The van der Waals surface area contributed by atoms with Gasteiger partial charge in [-0.1, -0.05) is 11.6 Å². The smallest absolute Gasteiger partial charge is 0.168 e. The van der Waals surface area contributed by atoms with Crippen molar-refractivity contribution in [2.45, 2.75) is 6.54 Å². The number of ether oxygens (including phenoxy) is 1. The van der Waals surface area contributed by atoms with Crippen molar-refractivity contribution in [3.05, 3.63) is 47.0 Å². The molecule has 0 unspecified atom stereocenters. The summed E-state index contributed by atoms with van der Waals surface area (Å²) in [5, 5.41) is 4.90. The lowest BCUT2D eigenvalue weighted by atomic mass is 10.3. The molecular weight excluding hydrogens is 352 g/mol. The molecule has 130 valence electrons. The third kappa shape index (κ3) is 3.20. The predicted octanol–water partition coefficient (Wildman–Crippen LogP) is 2.58. The van der Waals surface area contributed by atoms with E-state index in [1.807, 2.05) is 0 Å². The van der Waals surface area contributed by atoms with Gasteiger partial charge in [0.05, 0.1) is 31.3 Å². The second-order valence-corrected chi connectivity index (χ2v) is 6.07. The van der Waals surface area contributed by atoms with Crippen LogP contribution in [0, 0.1) is 11.6 Å². The first-order chi connectivity index (χ1) is 12.1. The van der Waals surface area contributed by atoms with Gasteiger partial charge in [0, 0.05) is 19.2 Å². The normalized spacial score (nSPS) is 15.8. The van der Waals surface area contributed by atoms with Crippen molar-refractivity contribution in [2.24, 2.45) is 0 Å². The molecule has 1 aliphatic heterocycles. The van der Waals surface area contributed by atoms with Crippen molar-refractivity contribution in [1.29, 1.82) is 0 Å². The van der Waals surface area contributed by atoms with Gasteiger partial charge in [-0.3, -0.25) is 4.90 Å². The maximum atomic E-state index is 14.1. The number of hydrogen-bond acceptors (Lipinski definition) is 5. The van der Waals surface area contributed by atoms with Crippen LogP contribution < -0.4 is 0 Å². The Morgan fingerprint density at radius 3 is 2.72 bits per heavy atom. The van der Waals surface area contributed by atoms with Gasteiger partial charge < -0.3 is 4.74 Å². The van der Waals surface area contributed by atoms with Gasteiger partial charge in [-0.15, -0.1) is 0 Å². The summed E-state index contributed by atoms with van der Waals surface area (Å²) < 4.78 is 33.9. The summed E-state index contributed by atoms with van der Waals surface area (Å²) in [4.78, 5) is 10.9. The van der Waals surface area contributed by atoms with Crippen LogP contribution in [-0.4, -0.2) is 51.0 Å². The summed E-state index contributed by atoms with van der Waals surface area (Å²) in [7, 11) is 0. The predicted molar refractivity (Wildman–Crippen MR) is 87.7 cm³/mol. The van der Waals surface area contributed by atoms with Crippen LogP contribution in [0.4, 0.5) is 8.78 Å². The minimum Gasteiger partial charge on any atom is -0.379 e. The standard InChI is InChI=1S/C16H14ClF2N5O/c17-15-11-8-20-24(13-2-1-10(18)7-12(13)19)16(11)22-14(21-15)9-23-3-5-25-6-4-23/h1-2,7-8H,3-6,9H2. The monoisotopic (exact) mass is 365 g/mol. The first kappa shape index (κ1) is 16.3. The second-order valence-electron chi connectivity index (χ2n) is 5.71. The lowest BCUT2D eigenvalue weighted by Crippen LogP contribution is -2.36. The van der Waals surface area contributed by atoms with E-state index in [0.29, 0.717) is 36.6 Å². The van der Waals surface area contributed by atoms with Crippen LogP contribution in [-0.2, 0) is 11.3 Å². The Kier molecular flexibility index (Phi) is 4.32. The van der Waals surface area contributed by atoms with Gasteiger partial charge in [-0.25, -0.2) is 23.4 Å². The second kappa shape index (κ2) is 6.62. The molecule has 0 radical (unpaired) electrons. The summed E-state index contributed by atoms with van der Waals surface area (Å²) in [6, 6.07) is 3.29. The third-order valence-corrected chi connectivity index (χ3v) is 4.32. The number of morpholine rings is 1. The molecule has 0 saturated carbocycles. The topological polar surface area (TPSA) is 56.1 Å². The number of fused-ring (bicyclic) bond motifs is 1. The molecular formula is C16H14ClF2N5O. The number of aromatic nitrogens is 4. The molecule has 6 nitrogen and oxygen atoms in total. The van der Waals surface area contributed by atoms with Crippen molar-refractivity contribution >= 4 is 22.6 Å². The molecule has 9 heteroatoms. The van der Waals surface area contributed by atoms with Crippen LogP contribution in [0.25, 0.3) is 16.7 Å². The van der Waals surface area contributed by atoms with E-state index in [-0.39, 0.29) is 10.8 Å². The average Bonchev–Trinajstić information content (AvgIpc) is 3.00. The molecule has 3 aromatic rings. The summed E-state index contributed by atoms with van der Waals surface area (Å²) in [5.41, 5.74) is 0.484. The van der Waals surface area contributed by atoms with Gasteiger partial charge in [0.15, 0.2) is 11.5 Å². The Bertz CT molecular complexity index is 926. The van der Waals surface area contributed by atoms with E-state index in [2.05, 4.69) is 20.0 Å². The van der Waals surface area contributed by atoms with Gasteiger partial charge in [0.1, 0.15) is 22.5 Å². The van der Waals surface area contributed by atoms with Crippen molar-refractivity contribution in [3.8, 4) is 5.69 Å². The first-order valence-corrected chi connectivity index (χ1v) is 8.15. The summed E-state index contributed by atoms with van der Waals surface area (Å²) in [6.07, 6.45) is 1.47. The molecule has 3 heterocycles. The highest BCUT2D eigenvalue weighted by atomic mass is 35.5. The molecule has 1 aromatic carbocycles. The van der Waals surface area contributed by atoms with E-state index in [9.17, 15) is 8.78 Å². The van der Waals surface area contributed by atoms with E-state index >= 15 is 0 Å². The van der Waals surface area contributed by atoms with Crippen LogP contribution >= 0.6 is 11.6 Å². The highest BCUT2D eigenvalue weighted by molar-refractivity contribution is 6.33. The third-order valence-electron chi connectivity index (χ3n) is 4.03. The number of halogens is 3. The molecule has 0 atom stereocenters. The quantitative estimate of drug-likeness (QED) is 0.668. The fourth-order valence-electron chi connectivity index (χ4n) is 2.78. The molecule has 1 aliphatic rings. The highest BCUT2D eigenvalue weighted by Crippen LogP contribution is 2.24. The van der Waals surface area contributed by atoms with Crippen LogP contribution in [0.3, 0.4) is 0 Å². The van der Waals surface area contributed by atoms with Gasteiger partial charge in [-0.05, 0) is 12.1 Å².